The molecular formula is C14H21NO3. The van der Waals surface area contributed by atoms with E-state index < -0.39 is 0 Å². The third-order valence-corrected chi connectivity index (χ3v) is 2.62. The number of nitrogens with one attached hydrogen (secondary N) is 1. The Morgan fingerprint density at radius 2 is 2.17 bits per heavy atom. The molecule has 1 N–H and O–H groups in total. The van der Waals surface area contributed by atoms with Crippen molar-refractivity contribution in [1.29, 1.82) is 0 Å². The number of benzene rings is 1. The number of hydrogen-bond donors (Lipinski definition) is 1. The van der Waals surface area contributed by atoms with Crippen LogP contribution in [0.3, 0.4) is 0 Å². The van der Waals surface area contributed by atoms with Crippen molar-refractivity contribution in [2.24, 2.45) is 0 Å². The zero-order chi connectivity index (χ0) is 13.5. The van der Waals surface area contributed by atoms with Crippen LogP contribution in [0.25, 0.3) is 0 Å². The van der Waals surface area contributed by atoms with Crippen molar-refractivity contribution in [3.8, 4) is 5.75 Å². The normalized spacial score (nSPS) is 11.8. The van der Waals surface area contributed by atoms with E-state index in [4.69, 9.17) is 9.47 Å². The second-order valence-electron chi connectivity index (χ2n) is 4.24. The minimum atomic E-state index is -0.182. The van der Waals surface area contributed by atoms with E-state index in [-0.39, 0.29) is 12.0 Å². The summed E-state index contributed by atoms with van der Waals surface area (Å²) in [5, 5.41) is 3.29. The van der Waals surface area contributed by atoms with Gasteiger partial charge in [0.05, 0.1) is 20.1 Å². The van der Waals surface area contributed by atoms with Gasteiger partial charge < -0.3 is 14.8 Å². The molecule has 1 aromatic rings. The van der Waals surface area contributed by atoms with Crippen molar-refractivity contribution in [3.63, 3.8) is 0 Å². The van der Waals surface area contributed by atoms with Gasteiger partial charge in [-0.05, 0) is 32.4 Å². The molecule has 0 aliphatic rings. The highest BCUT2D eigenvalue weighted by Crippen LogP contribution is 2.22. The van der Waals surface area contributed by atoms with Gasteiger partial charge in [0, 0.05) is 17.8 Å². The maximum absolute atomic E-state index is 11.4. The molecule has 1 unspecified atom stereocenters. The average Bonchev–Trinajstić information content (AvgIpc) is 2.32. The van der Waals surface area contributed by atoms with Crippen molar-refractivity contribution >= 4 is 11.7 Å². The number of anilines is 1. The van der Waals surface area contributed by atoms with Crippen LogP contribution in [0.5, 0.6) is 5.75 Å². The zero-order valence-electron chi connectivity index (χ0n) is 11.4. The molecule has 1 rings (SSSR count). The van der Waals surface area contributed by atoms with Crippen LogP contribution in [0.4, 0.5) is 5.69 Å². The van der Waals surface area contributed by atoms with E-state index in [9.17, 15) is 4.79 Å². The molecule has 1 atom stereocenters. The molecule has 4 heteroatoms. The van der Waals surface area contributed by atoms with Crippen molar-refractivity contribution in [2.75, 3.05) is 19.0 Å². The first-order valence-corrected chi connectivity index (χ1v) is 6.13. The first-order chi connectivity index (χ1) is 8.56. The molecule has 18 heavy (non-hydrogen) atoms. The molecule has 0 spiro atoms. The van der Waals surface area contributed by atoms with Crippen LogP contribution in [0, 0.1) is 6.92 Å². The van der Waals surface area contributed by atoms with Gasteiger partial charge in [-0.2, -0.15) is 0 Å². The van der Waals surface area contributed by atoms with Gasteiger partial charge >= 0.3 is 5.97 Å². The summed E-state index contributed by atoms with van der Waals surface area (Å²) in [6.07, 6.45) is 0.352. The molecule has 0 aliphatic carbocycles. The van der Waals surface area contributed by atoms with Crippen LogP contribution in [0.1, 0.15) is 25.8 Å². The maximum atomic E-state index is 11.4. The summed E-state index contributed by atoms with van der Waals surface area (Å²) in [6.45, 7) is 6.20. The van der Waals surface area contributed by atoms with Gasteiger partial charge in [0.2, 0.25) is 0 Å². The molecule has 0 aliphatic heterocycles. The lowest BCUT2D eigenvalue weighted by molar-refractivity contribution is -0.143. The second kappa shape index (κ2) is 6.89. The average molecular weight is 251 g/mol. The summed E-state index contributed by atoms with van der Waals surface area (Å²) in [7, 11) is 1.64. The molecule has 0 fully saturated rings. The summed E-state index contributed by atoms with van der Waals surface area (Å²) in [5.74, 6) is 0.615. The van der Waals surface area contributed by atoms with Crippen molar-refractivity contribution in [1.82, 2.24) is 0 Å². The monoisotopic (exact) mass is 251 g/mol. The highest BCUT2D eigenvalue weighted by atomic mass is 16.5. The van der Waals surface area contributed by atoms with Crippen LogP contribution < -0.4 is 10.1 Å². The lowest BCUT2D eigenvalue weighted by Crippen LogP contribution is -2.21. The first-order valence-electron chi connectivity index (χ1n) is 6.13. The molecule has 1 aromatic carbocycles. The summed E-state index contributed by atoms with van der Waals surface area (Å²) in [5.41, 5.74) is 2.10. The van der Waals surface area contributed by atoms with Crippen LogP contribution >= 0.6 is 0 Å². The van der Waals surface area contributed by atoms with Gasteiger partial charge in [-0.25, -0.2) is 0 Å². The lowest BCUT2D eigenvalue weighted by Gasteiger charge is -2.17. The second-order valence-corrected chi connectivity index (χ2v) is 4.24. The van der Waals surface area contributed by atoms with Crippen molar-refractivity contribution in [3.05, 3.63) is 23.8 Å². The highest BCUT2D eigenvalue weighted by molar-refractivity contribution is 5.71. The SMILES string of the molecule is CCOC(=O)CC(C)Nc1cc(OC)ccc1C. The minimum absolute atomic E-state index is 0.0230. The Hall–Kier alpha value is -1.71. The maximum Gasteiger partial charge on any atom is 0.307 e. The molecule has 0 bridgehead atoms. The largest absolute Gasteiger partial charge is 0.497 e. The summed E-state index contributed by atoms with van der Waals surface area (Å²) < 4.78 is 10.1. The first kappa shape index (κ1) is 14.4. The van der Waals surface area contributed by atoms with E-state index in [2.05, 4.69) is 5.32 Å². The Balaban J connectivity index is 2.63. The molecule has 0 aromatic heterocycles. The molecule has 0 amide bonds. The number of methoxy groups -OCH3 is 1. The number of carbonyl (C=O) groups excluding carboxylic acids is 1. The number of esters is 1. The van der Waals surface area contributed by atoms with E-state index in [0.717, 1.165) is 17.0 Å². The van der Waals surface area contributed by atoms with Gasteiger partial charge in [-0.15, -0.1) is 0 Å². The van der Waals surface area contributed by atoms with Gasteiger partial charge in [0.25, 0.3) is 0 Å². The lowest BCUT2D eigenvalue weighted by atomic mass is 10.1. The van der Waals surface area contributed by atoms with Crippen LogP contribution in [-0.4, -0.2) is 25.7 Å². The molecule has 0 saturated carbocycles. The topological polar surface area (TPSA) is 47.6 Å². The Kier molecular flexibility index (Phi) is 5.49. The third-order valence-electron chi connectivity index (χ3n) is 2.62. The highest BCUT2D eigenvalue weighted by Gasteiger charge is 2.11. The van der Waals surface area contributed by atoms with E-state index in [1.165, 1.54) is 0 Å². The predicted octanol–water partition coefficient (Wildman–Crippen LogP) is 2.76. The molecular weight excluding hydrogens is 230 g/mol. The number of hydrogen-bond acceptors (Lipinski definition) is 4. The van der Waals surface area contributed by atoms with Gasteiger partial charge in [0.1, 0.15) is 5.75 Å². The Morgan fingerprint density at radius 3 is 2.78 bits per heavy atom. The Morgan fingerprint density at radius 1 is 1.44 bits per heavy atom. The van der Waals surface area contributed by atoms with Gasteiger partial charge in [0.15, 0.2) is 0 Å². The van der Waals surface area contributed by atoms with Gasteiger partial charge in [-0.1, -0.05) is 6.07 Å². The fourth-order valence-electron chi connectivity index (χ4n) is 1.67. The number of rotatable bonds is 6. The number of ether oxygens (including phenoxy) is 2. The van der Waals surface area contributed by atoms with E-state index in [1.54, 1.807) is 7.11 Å². The zero-order valence-corrected chi connectivity index (χ0v) is 11.4. The fraction of sp³-hybridized carbons (Fsp3) is 0.500. The molecule has 0 radical (unpaired) electrons. The number of aryl methyl sites for hydroxylation is 1. The molecule has 0 saturated heterocycles. The minimum Gasteiger partial charge on any atom is -0.497 e. The summed E-state index contributed by atoms with van der Waals surface area (Å²) >= 11 is 0. The fourth-order valence-corrected chi connectivity index (χ4v) is 1.67. The van der Waals surface area contributed by atoms with Crippen molar-refractivity contribution in [2.45, 2.75) is 33.2 Å². The van der Waals surface area contributed by atoms with E-state index >= 15 is 0 Å². The molecule has 0 heterocycles. The third kappa shape index (κ3) is 4.28. The smallest absolute Gasteiger partial charge is 0.307 e. The Labute approximate surface area is 108 Å². The van der Waals surface area contributed by atoms with E-state index in [0.29, 0.717) is 13.0 Å². The van der Waals surface area contributed by atoms with Crippen LogP contribution in [0.2, 0.25) is 0 Å². The van der Waals surface area contributed by atoms with Crippen LogP contribution in [-0.2, 0) is 9.53 Å². The Bertz CT molecular complexity index is 404. The molecule has 4 nitrogen and oxygen atoms in total. The van der Waals surface area contributed by atoms with Crippen LogP contribution in [0.15, 0.2) is 18.2 Å². The standard InChI is InChI=1S/C14H21NO3/c1-5-18-14(16)8-11(3)15-13-9-12(17-4)7-6-10(13)2/h6-7,9,11,15H,5,8H2,1-4H3. The molecule has 100 valence electrons. The quantitative estimate of drug-likeness (QED) is 0.790. The van der Waals surface area contributed by atoms with Crippen molar-refractivity contribution < 1.29 is 14.3 Å². The predicted molar refractivity (Wildman–Crippen MR) is 72.1 cm³/mol. The summed E-state index contributed by atoms with van der Waals surface area (Å²) in [4.78, 5) is 11.4. The number of carbonyl (C=O) groups is 1. The van der Waals surface area contributed by atoms with E-state index in [1.807, 2.05) is 39.0 Å². The van der Waals surface area contributed by atoms with Gasteiger partial charge in [-0.3, -0.25) is 4.79 Å². The summed E-state index contributed by atoms with van der Waals surface area (Å²) in [6, 6.07) is 5.85.